The van der Waals surface area contributed by atoms with Gasteiger partial charge in [-0.15, -0.1) is 0 Å². The van der Waals surface area contributed by atoms with E-state index >= 15 is 0 Å². The molecule has 2 aromatic rings. The molecule has 6 heteroatoms. The Kier molecular flexibility index (Phi) is 4.80. The molecule has 0 saturated heterocycles. The van der Waals surface area contributed by atoms with E-state index in [4.69, 9.17) is 23.2 Å². The molecule has 1 heterocycles. The van der Waals surface area contributed by atoms with Crippen LogP contribution in [0.1, 0.15) is 26.5 Å². The maximum atomic E-state index is 6.23. The lowest BCUT2D eigenvalue weighted by Gasteiger charge is -2.20. The van der Waals surface area contributed by atoms with Gasteiger partial charge in [0.05, 0.1) is 15.2 Å². The quantitative estimate of drug-likeness (QED) is 0.490. The van der Waals surface area contributed by atoms with Crippen LogP contribution in [0.5, 0.6) is 0 Å². The minimum absolute atomic E-state index is 0.154. The van der Waals surface area contributed by atoms with Crippen LogP contribution in [-0.4, -0.2) is 9.97 Å². The van der Waals surface area contributed by atoms with Crippen molar-refractivity contribution in [2.24, 2.45) is 0 Å². The molecule has 0 unspecified atom stereocenters. The number of aromatic nitrogens is 2. The Balaban J connectivity index is 2.70. The molecule has 2 rings (SSSR count). The molecule has 2 nitrogen and oxygen atoms in total. The highest BCUT2D eigenvalue weighted by molar-refractivity contribution is 9.10. The monoisotopic (exact) mass is 436 g/mol. The highest BCUT2D eigenvalue weighted by Crippen LogP contribution is 2.36. The Morgan fingerprint density at radius 3 is 2.30 bits per heavy atom. The standard InChI is InChI=1S/C14H12Br2Cl2N2/c1-14(2,3)11-10(16)12(18)20-13(19-11)8-6-7(15)4-5-9(8)17/h4-6H,1-3H3. The van der Waals surface area contributed by atoms with E-state index in [9.17, 15) is 0 Å². The van der Waals surface area contributed by atoms with E-state index in [0.29, 0.717) is 16.0 Å². The van der Waals surface area contributed by atoms with Gasteiger partial charge in [0.15, 0.2) is 5.82 Å². The normalized spacial score (nSPS) is 11.8. The van der Waals surface area contributed by atoms with Crippen LogP contribution in [0.15, 0.2) is 27.1 Å². The minimum Gasteiger partial charge on any atom is -0.231 e. The summed E-state index contributed by atoms with van der Waals surface area (Å²) in [5, 5.41) is 0.974. The first-order valence-corrected chi connectivity index (χ1v) is 8.23. The van der Waals surface area contributed by atoms with Gasteiger partial charge < -0.3 is 0 Å². The molecule has 0 N–H and O–H groups in total. The molecule has 1 aromatic carbocycles. The molecule has 0 bridgehead atoms. The molecule has 0 amide bonds. The number of benzene rings is 1. The average Bonchev–Trinajstić information content (AvgIpc) is 2.34. The summed E-state index contributed by atoms with van der Waals surface area (Å²) in [4.78, 5) is 8.95. The molecule has 0 atom stereocenters. The third kappa shape index (κ3) is 3.35. The van der Waals surface area contributed by atoms with E-state index in [2.05, 4.69) is 62.6 Å². The van der Waals surface area contributed by atoms with E-state index in [1.54, 1.807) is 6.07 Å². The Hall–Kier alpha value is -0.160. The Bertz CT molecular complexity index is 667. The molecule has 20 heavy (non-hydrogen) atoms. The molecule has 1 aromatic heterocycles. The molecule has 0 fully saturated rings. The molecule has 106 valence electrons. The fraction of sp³-hybridized carbons (Fsp3) is 0.286. The predicted molar refractivity (Wildman–Crippen MR) is 91.6 cm³/mol. The van der Waals surface area contributed by atoms with Crippen LogP contribution in [0.4, 0.5) is 0 Å². The zero-order valence-electron chi connectivity index (χ0n) is 11.1. The molecule has 0 aliphatic rings. The van der Waals surface area contributed by atoms with E-state index in [0.717, 1.165) is 20.2 Å². The summed E-state index contributed by atoms with van der Waals surface area (Å²) >= 11 is 19.3. The third-order valence-corrected chi connectivity index (χ3v) is 4.77. The lowest BCUT2D eigenvalue weighted by atomic mass is 9.92. The van der Waals surface area contributed by atoms with Crippen LogP contribution in [0.25, 0.3) is 11.4 Å². The zero-order chi connectivity index (χ0) is 15.1. The summed E-state index contributed by atoms with van der Waals surface area (Å²) in [6, 6.07) is 5.56. The van der Waals surface area contributed by atoms with E-state index in [-0.39, 0.29) is 5.41 Å². The van der Waals surface area contributed by atoms with Gasteiger partial charge in [0.25, 0.3) is 0 Å². The van der Waals surface area contributed by atoms with Crippen molar-refractivity contribution >= 4 is 55.1 Å². The summed E-state index contributed by atoms with van der Waals surface area (Å²) in [6.45, 7) is 6.22. The van der Waals surface area contributed by atoms with Crippen molar-refractivity contribution < 1.29 is 0 Å². The summed E-state index contributed by atoms with van der Waals surface area (Å²) in [6.07, 6.45) is 0. The number of hydrogen-bond donors (Lipinski definition) is 0. The van der Waals surface area contributed by atoms with Gasteiger partial charge in [-0.1, -0.05) is 59.9 Å². The largest absolute Gasteiger partial charge is 0.231 e. The summed E-state index contributed by atoms with van der Waals surface area (Å²) in [5.41, 5.74) is 1.45. The number of rotatable bonds is 1. The second-order valence-corrected chi connectivity index (χ2v) is 7.85. The lowest BCUT2D eigenvalue weighted by molar-refractivity contribution is 0.564. The van der Waals surface area contributed by atoms with Gasteiger partial charge in [0.2, 0.25) is 0 Å². The van der Waals surface area contributed by atoms with Crippen LogP contribution in [0.3, 0.4) is 0 Å². The lowest BCUT2D eigenvalue weighted by Crippen LogP contribution is -2.16. The summed E-state index contributed by atoms with van der Waals surface area (Å²) in [5.74, 6) is 0.523. The van der Waals surface area contributed by atoms with Crippen molar-refractivity contribution in [2.75, 3.05) is 0 Å². The van der Waals surface area contributed by atoms with Gasteiger partial charge >= 0.3 is 0 Å². The van der Waals surface area contributed by atoms with Crippen molar-refractivity contribution in [1.82, 2.24) is 9.97 Å². The summed E-state index contributed by atoms with van der Waals surface area (Å²) in [7, 11) is 0. The van der Waals surface area contributed by atoms with E-state index < -0.39 is 0 Å². The average molecular weight is 439 g/mol. The van der Waals surface area contributed by atoms with E-state index in [1.165, 1.54) is 0 Å². The van der Waals surface area contributed by atoms with Gasteiger partial charge in [-0.05, 0) is 34.1 Å². The van der Waals surface area contributed by atoms with Crippen LogP contribution in [-0.2, 0) is 5.41 Å². The predicted octanol–water partition coefficient (Wildman–Crippen LogP) is 6.27. The highest BCUT2D eigenvalue weighted by Gasteiger charge is 2.23. The van der Waals surface area contributed by atoms with Gasteiger partial charge in [0, 0.05) is 15.5 Å². The second-order valence-electron chi connectivity index (χ2n) is 5.37. The Morgan fingerprint density at radius 2 is 1.70 bits per heavy atom. The summed E-state index contributed by atoms with van der Waals surface area (Å²) < 4.78 is 1.64. The topological polar surface area (TPSA) is 25.8 Å². The number of hydrogen-bond acceptors (Lipinski definition) is 2. The SMILES string of the molecule is CC(C)(C)c1nc(-c2cc(Br)ccc2Cl)nc(Cl)c1Br. The second kappa shape index (κ2) is 5.91. The highest BCUT2D eigenvalue weighted by atomic mass is 79.9. The van der Waals surface area contributed by atoms with Gasteiger partial charge in [-0.3, -0.25) is 0 Å². The van der Waals surface area contributed by atoms with Crippen molar-refractivity contribution in [3.8, 4) is 11.4 Å². The van der Waals surface area contributed by atoms with Crippen molar-refractivity contribution in [3.63, 3.8) is 0 Å². The van der Waals surface area contributed by atoms with Crippen molar-refractivity contribution in [1.29, 1.82) is 0 Å². The fourth-order valence-corrected chi connectivity index (χ4v) is 3.21. The number of halogens is 4. The van der Waals surface area contributed by atoms with Crippen molar-refractivity contribution in [2.45, 2.75) is 26.2 Å². The molecule has 0 aliphatic heterocycles. The maximum Gasteiger partial charge on any atom is 0.162 e. The van der Waals surface area contributed by atoms with Gasteiger partial charge in [0.1, 0.15) is 5.15 Å². The van der Waals surface area contributed by atoms with Gasteiger partial charge in [-0.25, -0.2) is 9.97 Å². The zero-order valence-corrected chi connectivity index (χ0v) is 15.8. The van der Waals surface area contributed by atoms with Crippen molar-refractivity contribution in [3.05, 3.63) is 43.0 Å². The number of nitrogens with zero attached hydrogens (tertiary/aromatic N) is 2. The van der Waals surface area contributed by atoms with Crippen LogP contribution in [0, 0.1) is 0 Å². The molecular formula is C14H12Br2Cl2N2. The maximum absolute atomic E-state index is 6.23. The van der Waals surface area contributed by atoms with E-state index in [1.807, 2.05) is 12.1 Å². The first-order valence-electron chi connectivity index (χ1n) is 5.89. The minimum atomic E-state index is -0.154. The van der Waals surface area contributed by atoms with Gasteiger partial charge in [-0.2, -0.15) is 0 Å². The molecule has 0 saturated carbocycles. The van der Waals surface area contributed by atoms with Crippen LogP contribution in [0.2, 0.25) is 10.2 Å². The smallest absolute Gasteiger partial charge is 0.162 e. The third-order valence-electron chi connectivity index (χ3n) is 2.69. The molecule has 0 aliphatic carbocycles. The first kappa shape index (κ1) is 16.2. The fourth-order valence-electron chi connectivity index (χ4n) is 1.71. The van der Waals surface area contributed by atoms with Crippen LogP contribution >= 0.6 is 55.1 Å². The Labute approximate surface area is 145 Å². The first-order chi connectivity index (χ1) is 9.20. The molecule has 0 spiro atoms. The Morgan fingerprint density at radius 1 is 1.05 bits per heavy atom. The molecule has 0 radical (unpaired) electrons. The molecular weight excluding hydrogens is 427 g/mol. The van der Waals surface area contributed by atoms with Crippen LogP contribution < -0.4 is 0 Å².